The van der Waals surface area contributed by atoms with Gasteiger partial charge in [0.25, 0.3) is 0 Å². The lowest BCUT2D eigenvalue weighted by Crippen LogP contribution is -2.50. The Morgan fingerprint density at radius 2 is 1.74 bits per heavy atom. The molecule has 2 fully saturated rings. The van der Waals surface area contributed by atoms with Crippen molar-refractivity contribution >= 4 is 6.09 Å². The Kier molecular flexibility index (Phi) is 6.72. The predicted octanol–water partition coefficient (Wildman–Crippen LogP) is 2.96. The Bertz CT molecular complexity index is 367. The lowest BCUT2D eigenvalue weighted by molar-refractivity contribution is 0.0514. The summed E-state index contributed by atoms with van der Waals surface area (Å²) in [4.78, 5) is 11.9. The third-order valence-electron chi connectivity index (χ3n) is 4.98. The lowest BCUT2D eigenvalue weighted by atomic mass is 9.90. The molecule has 2 rings (SSSR count). The quantitative estimate of drug-likeness (QED) is 0.726. The largest absolute Gasteiger partial charge is 0.444 e. The minimum atomic E-state index is -0.458. The van der Waals surface area contributed by atoms with Crippen LogP contribution in [0.4, 0.5) is 4.79 Å². The first-order chi connectivity index (χ1) is 10.8. The molecule has 0 radical (unpaired) electrons. The number of ether oxygens (including phenoxy) is 1. The molecule has 23 heavy (non-hydrogen) atoms. The number of amides is 1. The fourth-order valence-corrected chi connectivity index (χ4v) is 3.77. The molecule has 2 aliphatic carbocycles. The zero-order valence-corrected chi connectivity index (χ0v) is 14.9. The number of aliphatic hydroxyl groups excluding tert-OH is 1. The standard InChI is InChI=1S/C18H34N2O3/c1-18(2,3)23-17(22)19-12-16(13-6-4-5-7-13)20-14-8-10-15(21)11-9-14/h13-16,20-21H,4-12H2,1-3H3,(H,19,22). The minimum absolute atomic E-state index is 0.127. The molecule has 0 aromatic heterocycles. The Morgan fingerprint density at radius 1 is 1.13 bits per heavy atom. The molecule has 1 atom stereocenters. The molecule has 1 amide bonds. The van der Waals surface area contributed by atoms with E-state index in [-0.39, 0.29) is 12.2 Å². The molecule has 0 aromatic carbocycles. The van der Waals surface area contributed by atoms with Gasteiger partial charge in [-0.3, -0.25) is 0 Å². The van der Waals surface area contributed by atoms with Crippen LogP contribution < -0.4 is 10.6 Å². The van der Waals surface area contributed by atoms with E-state index in [2.05, 4.69) is 10.6 Å². The zero-order chi connectivity index (χ0) is 16.9. The summed E-state index contributed by atoms with van der Waals surface area (Å²) in [5.74, 6) is 0.636. The summed E-state index contributed by atoms with van der Waals surface area (Å²) < 4.78 is 5.34. The maximum atomic E-state index is 11.9. The first-order valence-electron chi connectivity index (χ1n) is 9.24. The van der Waals surface area contributed by atoms with Crippen molar-refractivity contribution in [2.75, 3.05) is 6.54 Å². The highest BCUT2D eigenvalue weighted by Crippen LogP contribution is 2.29. The molecule has 1 unspecified atom stereocenters. The van der Waals surface area contributed by atoms with Gasteiger partial charge in [0.05, 0.1) is 6.10 Å². The van der Waals surface area contributed by atoms with Crippen LogP contribution in [0.5, 0.6) is 0 Å². The highest BCUT2D eigenvalue weighted by atomic mass is 16.6. The molecule has 0 saturated heterocycles. The fraction of sp³-hybridized carbons (Fsp3) is 0.944. The van der Waals surface area contributed by atoms with E-state index in [4.69, 9.17) is 4.74 Å². The van der Waals surface area contributed by atoms with E-state index in [1.165, 1.54) is 25.7 Å². The summed E-state index contributed by atoms with van der Waals surface area (Å²) in [6.45, 7) is 6.27. The predicted molar refractivity (Wildman–Crippen MR) is 91.4 cm³/mol. The van der Waals surface area contributed by atoms with Crippen molar-refractivity contribution in [2.45, 2.75) is 95.9 Å². The summed E-state index contributed by atoms with van der Waals surface area (Å²) in [5.41, 5.74) is -0.458. The Morgan fingerprint density at radius 3 is 2.30 bits per heavy atom. The molecular formula is C18H34N2O3. The van der Waals surface area contributed by atoms with Crippen LogP contribution in [0.2, 0.25) is 0 Å². The second kappa shape index (κ2) is 8.34. The Balaban J connectivity index is 1.83. The van der Waals surface area contributed by atoms with Gasteiger partial charge in [-0.05, 0) is 65.2 Å². The second-order valence-corrected chi connectivity index (χ2v) is 8.21. The van der Waals surface area contributed by atoms with Gasteiger partial charge in [0, 0.05) is 18.6 Å². The molecule has 0 aliphatic heterocycles. The normalized spacial score (nSPS) is 27.7. The van der Waals surface area contributed by atoms with Crippen molar-refractivity contribution in [1.82, 2.24) is 10.6 Å². The molecule has 3 N–H and O–H groups in total. The molecule has 0 bridgehead atoms. The van der Waals surface area contributed by atoms with Crippen molar-refractivity contribution in [1.29, 1.82) is 0 Å². The summed E-state index contributed by atoms with van der Waals surface area (Å²) in [6.07, 6.45) is 8.42. The van der Waals surface area contributed by atoms with Crippen LogP contribution >= 0.6 is 0 Å². The Hall–Kier alpha value is -0.810. The lowest BCUT2D eigenvalue weighted by Gasteiger charge is -2.33. The van der Waals surface area contributed by atoms with Gasteiger partial charge in [-0.15, -0.1) is 0 Å². The van der Waals surface area contributed by atoms with E-state index in [1.807, 2.05) is 20.8 Å². The maximum absolute atomic E-state index is 11.9. The van der Waals surface area contributed by atoms with E-state index in [0.29, 0.717) is 24.5 Å². The molecule has 0 aromatic rings. The van der Waals surface area contributed by atoms with Crippen LogP contribution in [0.3, 0.4) is 0 Å². The van der Waals surface area contributed by atoms with Crippen LogP contribution in [0.1, 0.15) is 72.1 Å². The van der Waals surface area contributed by atoms with Crippen molar-refractivity contribution in [2.24, 2.45) is 5.92 Å². The number of aliphatic hydroxyl groups is 1. The summed E-state index contributed by atoms with van der Waals surface area (Å²) in [5, 5.41) is 16.4. The number of hydrogen-bond donors (Lipinski definition) is 3. The molecule has 5 heteroatoms. The highest BCUT2D eigenvalue weighted by Gasteiger charge is 2.29. The summed E-state index contributed by atoms with van der Waals surface area (Å²) in [6, 6.07) is 0.773. The average Bonchev–Trinajstić information content (AvgIpc) is 2.97. The molecule has 0 spiro atoms. The molecule has 134 valence electrons. The zero-order valence-electron chi connectivity index (χ0n) is 14.9. The third-order valence-corrected chi connectivity index (χ3v) is 4.98. The first-order valence-corrected chi connectivity index (χ1v) is 9.24. The van der Waals surface area contributed by atoms with Crippen molar-refractivity contribution in [3.63, 3.8) is 0 Å². The summed E-state index contributed by atoms with van der Waals surface area (Å²) in [7, 11) is 0. The van der Waals surface area contributed by atoms with Gasteiger partial charge in [-0.25, -0.2) is 4.79 Å². The van der Waals surface area contributed by atoms with Crippen LogP contribution in [0.15, 0.2) is 0 Å². The van der Waals surface area contributed by atoms with Crippen LogP contribution in [0.25, 0.3) is 0 Å². The molecule has 2 aliphatic rings. The van der Waals surface area contributed by atoms with Gasteiger partial charge in [0.1, 0.15) is 5.60 Å². The molecule has 2 saturated carbocycles. The Labute approximate surface area is 140 Å². The van der Waals surface area contributed by atoms with Gasteiger partial charge in [0.2, 0.25) is 0 Å². The van der Waals surface area contributed by atoms with Gasteiger partial charge in [-0.2, -0.15) is 0 Å². The number of carbonyl (C=O) groups is 1. The number of hydrogen-bond acceptors (Lipinski definition) is 4. The smallest absolute Gasteiger partial charge is 0.407 e. The van der Waals surface area contributed by atoms with Crippen molar-refractivity contribution in [3.8, 4) is 0 Å². The number of alkyl carbamates (subject to hydrolysis) is 1. The third kappa shape index (κ3) is 6.68. The number of carbonyl (C=O) groups excluding carboxylic acids is 1. The summed E-state index contributed by atoms with van der Waals surface area (Å²) >= 11 is 0. The van der Waals surface area contributed by atoms with Gasteiger partial charge >= 0.3 is 6.09 Å². The maximum Gasteiger partial charge on any atom is 0.407 e. The van der Waals surface area contributed by atoms with Gasteiger partial charge in [0.15, 0.2) is 0 Å². The van der Waals surface area contributed by atoms with Gasteiger partial charge in [-0.1, -0.05) is 12.8 Å². The van der Waals surface area contributed by atoms with E-state index in [1.54, 1.807) is 0 Å². The minimum Gasteiger partial charge on any atom is -0.444 e. The monoisotopic (exact) mass is 326 g/mol. The van der Waals surface area contributed by atoms with E-state index >= 15 is 0 Å². The SMILES string of the molecule is CC(C)(C)OC(=O)NCC(NC1CCC(O)CC1)C1CCCC1. The fourth-order valence-electron chi connectivity index (χ4n) is 3.77. The highest BCUT2D eigenvalue weighted by molar-refractivity contribution is 5.67. The van der Waals surface area contributed by atoms with Crippen molar-refractivity contribution < 1.29 is 14.6 Å². The van der Waals surface area contributed by atoms with Crippen LogP contribution in [-0.2, 0) is 4.74 Å². The molecule has 0 heterocycles. The van der Waals surface area contributed by atoms with Crippen molar-refractivity contribution in [3.05, 3.63) is 0 Å². The number of nitrogens with one attached hydrogen (secondary N) is 2. The molecular weight excluding hydrogens is 292 g/mol. The van der Waals surface area contributed by atoms with E-state index in [9.17, 15) is 9.90 Å². The molecule has 5 nitrogen and oxygen atoms in total. The van der Waals surface area contributed by atoms with Gasteiger partial charge < -0.3 is 20.5 Å². The number of rotatable bonds is 5. The average molecular weight is 326 g/mol. The van der Waals surface area contributed by atoms with Crippen LogP contribution in [-0.4, -0.2) is 41.5 Å². The van der Waals surface area contributed by atoms with Crippen LogP contribution in [0, 0.1) is 5.92 Å². The first kappa shape index (κ1) is 18.5. The van der Waals surface area contributed by atoms with E-state index < -0.39 is 5.60 Å². The van der Waals surface area contributed by atoms with E-state index in [0.717, 1.165) is 25.7 Å². The second-order valence-electron chi connectivity index (χ2n) is 8.21. The topological polar surface area (TPSA) is 70.6 Å².